The predicted molar refractivity (Wildman–Crippen MR) is 180 cm³/mol. The van der Waals surface area contributed by atoms with Gasteiger partial charge in [0, 0.05) is 24.6 Å². The van der Waals surface area contributed by atoms with E-state index >= 15 is 0 Å². The Kier molecular flexibility index (Phi) is 11.0. The molecule has 48 heavy (non-hydrogen) atoms. The summed E-state index contributed by atoms with van der Waals surface area (Å²) in [5.74, 6) is -1.44. The highest BCUT2D eigenvalue weighted by Gasteiger charge is 2.58. The van der Waals surface area contributed by atoms with Crippen LogP contribution in [0.2, 0.25) is 0 Å². The Hall–Kier alpha value is -3.67. The van der Waals surface area contributed by atoms with E-state index in [9.17, 15) is 29.1 Å². The average Bonchev–Trinajstić information content (AvgIpc) is 3.70. The molecule has 0 radical (unpaired) electrons. The highest BCUT2D eigenvalue weighted by molar-refractivity contribution is 5.95. The second-order valence-electron chi connectivity index (χ2n) is 15.4. The molecular formula is C36H53N5O7. The maximum atomic E-state index is 14.6. The van der Waals surface area contributed by atoms with E-state index < -0.39 is 59.1 Å². The number of nitrogens with zero attached hydrogens (tertiary/aromatic N) is 2. The Labute approximate surface area is 283 Å². The summed E-state index contributed by atoms with van der Waals surface area (Å²) < 4.78 is 5.99. The summed E-state index contributed by atoms with van der Waals surface area (Å²) in [6.45, 7) is 7.59. The van der Waals surface area contributed by atoms with E-state index in [0.717, 1.165) is 38.5 Å². The molecule has 5 atom stereocenters. The zero-order valence-electron chi connectivity index (χ0n) is 28.8. The second kappa shape index (κ2) is 14.8. The second-order valence-corrected chi connectivity index (χ2v) is 15.4. The molecule has 2 aliphatic carbocycles. The maximum Gasteiger partial charge on any atom is 0.415 e. The number of aliphatic hydroxyl groups excluding tert-OH is 1. The fourth-order valence-electron chi connectivity index (χ4n) is 7.32. The number of carbonyl (C=O) groups excluding carboxylic acids is 5. The monoisotopic (exact) mass is 667 g/mol. The average molecular weight is 668 g/mol. The molecule has 5 rings (SSSR count). The number of nitrogens with one attached hydrogen (secondary N) is 3. The summed E-state index contributed by atoms with van der Waals surface area (Å²) in [7, 11) is 0. The van der Waals surface area contributed by atoms with Crippen LogP contribution in [0.15, 0.2) is 30.3 Å². The van der Waals surface area contributed by atoms with Crippen molar-refractivity contribution in [3.05, 3.63) is 30.3 Å². The highest BCUT2D eigenvalue weighted by Crippen LogP contribution is 2.39. The van der Waals surface area contributed by atoms with Crippen molar-refractivity contribution >= 4 is 35.4 Å². The number of rotatable bonds is 12. The first kappa shape index (κ1) is 35.6. The zero-order chi connectivity index (χ0) is 34.6. The molecule has 2 unspecified atom stereocenters. The van der Waals surface area contributed by atoms with Gasteiger partial charge < -0.3 is 30.7 Å². The van der Waals surface area contributed by atoms with E-state index in [1.165, 1.54) is 16.2 Å². The molecular weight excluding hydrogens is 614 g/mol. The number of carbonyl (C=O) groups is 5. The normalized spacial score (nSPS) is 24.9. The van der Waals surface area contributed by atoms with Crippen LogP contribution in [0.1, 0.15) is 98.3 Å². The van der Waals surface area contributed by atoms with Crippen LogP contribution in [0, 0.1) is 11.3 Å². The molecule has 1 aromatic carbocycles. The van der Waals surface area contributed by atoms with Gasteiger partial charge in [-0.1, -0.05) is 71.6 Å². The molecule has 1 aromatic rings. The fraction of sp³-hybridized carbons (Fsp3) is 0.694. The maximum absolute atomic E-state index is 14.6. The Bertz CT molecular complexity index is 1340. The third kappa shape index (κ3) is 8.48. The number of amides is 5. The minimum absolute atomic E-state index is 0.0236. The molecule has 2 saturated carbocycles. The molecule has 12 nitrogen and oxygen atoms in total. The van der Waals surface area contributed by atoms with E-state index in [2.05, 4.69) is 16.0 Å². The molecule has 5 amide bonds. The van der Waals surface area contributed by atoms with Crippen LogP contribution in [0.5, 0.6) is 0 Å². The number of hydrogen-bond acceptors (Lipinski definition) is 7. The van der Waals surface area contributed by atoms with Gasteiger partial charge in [0.15, 0.2) is 11.7 Å². The molecule has 2 saturated heterocycles. The van der Waals surface area contributed by atoms with Gasteiger partial charge in [-0.15, -0.1) is 0 Å². The topological polar surface area (TPSA) is 157 Å². The summed E-state index contributed by atoms with van der Waals surface area (Å²) in [4.78, 5) is 70.9. The molecule has 0 aromatic heterocycles. The molecule has 2 aliphatic heterocycles. The van der Waals surface area contributed by atoms with Crippen LogP contribution in [-0.4, -0.2) is 88.7 Å². The van der Waals surface area contributed by atoms with Crippen LogP contribution in [0.25, 0.3) is 0 Å². The van der Waals surface area contributed by atoms with Gasteiger partial charge >= 0.3 is 6.09 Å². The lowest BCUT2D eigenvalue weighted by Crippen LogP contribution is -2.59. The lowest BCUT2D eigenvalue weighted by Gasteiger charge is -2.36. The summed E-state index contributed by atoms with van der Waals surface area (Å²) in [6, 6.07) is 6.22. The van der Waals surface area contributed by atoms with Crippen molar-refractivity contribution in [3.63, 3.8) is 0 Å². The van der Waals surface area contributed by atoms with Crippen molar-refractivity contribution in [1.29, 1.82) is 0 Å². The quantitative estimate of drug-likeness (QED) is 0.266. The number of ether oxygens (including phenoxy) is 1. The van der Waals surface area contributed by atoms with Gasteiger partial charge in [-0.2, -0.15) is 0 Å². The lowest BCUT2D eigenvalue weighted by molar-refractivity contribution is -0.145. The van der Waals surface area contributed by atoms with Gasteiger partial charge in [0.1, 0.15) is 12.1 Å². The first-order valence-electron chi connectivity index (χ1n) is 17.7. The molecule has 4 aliphatic rings. The standard InChI is InChI=1S/C36H53N5O7/c1-5-12-26(29(43)32(45)37-24-17-18-24)38-31(44)27-20-36(21-40(34(47)48-36)25-15-10-7-11-16-25)22-41(27)33(46)30(35(2,3)4)39-28(42)19-23-13-8-6-9-14-23/h7,10-11,15-16,23-24,26-27,29-30,43H,5-6,8-9,12-14,17-22H2,1-4H3,(H,37,45)(H,38,44)(H,39,42)/t26-,27-,29?,30?,36-/m0/s1. The largest absolute Gasteiger partial charge is 0.439 e. The summed E-state index contributed by atoms with van der Waals surface area (Å²) in [5.41, 5.74) is -1.23. The molecule has 264 valence electrons. The van der Waals surface area contributed by atoms with Crippen LogP contribution in [-0.2, 0) is 23.9 Å². The van der Waals surface area contributed by atoms with Crippen molar-refractivity contribution in [3.8, 4) is 0 Å². The first-order chi connectivity index (χ1) is 22.8. The number of hydrogen-bond donors (Lipinski definition) is 4. The van der Waals surface area contributed by atoms with Gasteiger partial charge in [-0.3, -0.25) is 24.1 Å². The van der Waals surface area contributed by atoms with Crippen LogP contribution < -0.4 is 20.9 Å². The van der Waals surface area contributed by atoms with E-state index in [1.807, 2.05) is 45.9 Å². The summed E-state index contributed by atoms with van der Waals surface area (Å²) in [5, 5.41) is 19.6. The highest BCUT2D eigenvalue weighted by atomic mass is 16.6. The van der Waals surface area contributed by atoms with E-state index in [1.54, 1.807) is 12.1 Å². The Morgan fingerprint density at radius 3 is 2.31 bits per heavy atom. The number of likely N-dealkylation sites (tertiary alicyclic amines) is 1. The Morgan fingerprint density at radius 1 is 1.00 bits per heavy atom. The van der Waals surface area contributed by atoms with Crippen molar-refractivity contribution in [1.82, 2.24) is 20.9 Å². The number of para-hydroxylation sites is 1. The van der Waals surface area contributed by atoms with Crippen molar-refractivity contribution < 1.29 is 33.8 Å². The van der Waals surface area contributed by atoms with Gasteiger partial charge in [0.2, 0.25) is 17.7 Å². The number of benzene rings is 1. The smallest absolute Gasteiger partial charge is 0.415 e. The minimum Gasteiger partial charge on any atom is -0.439 e. The predicted octanol–water partition coefficient (Wildman–Crippen LogP) is 3.41. The van der Waals surface area contributed by atoms with Crippen molar-refractivity contribution in [2.24, 2.45) is 11.3 Å². The molecule has 12 heteroatoms. The molecule has 4 N–H and O–H groups in total. The van der Waals surface area contributed by atoms with Gasteiger partial charge in [-0.25, -0.2) is 4.79 Å². The minimum atomic E-state index is -1.46. The van der Waals surface area contributed by atoms with Gasteiger partial charge in [-0.05, 0) is 55.6 Å². The third-order valence-corrected chi connectivity index (χ3v) is 10.1. The van der Waals surface area contributed by atoms with Crippen LogP contribution >= 0.6 is 0 Å². The molecule has 4 fully saturated rings. The van der Waals surface area contributed by atoms with Crippen LogP contribution in [0.4, 0.5) is 10.5 Å². The Balaban J connectivity index is 1.39. The summed E-state index contributed by atoms with van der Waals surface area (Å²) >= 11 is 0. The lowest BCUT2D eigenvalue weighted by atomic mass is 9.84. The van der Waals surface area contributed by atoms with Crippen molar-refractivity contribution in [2.75, 3.05) is 18.0 Å². The van der Waals surface area contributed by atoms with Crippen LogP contribution in [0.3, 0.4) is 0 Å². The fourth-order valence-corrected chi connectivity index (χ4v) is 7.32. The van der Waals surface area contributed by atoms with E-state index in [0.29, 0.717) is 24.9 Å². The van der Waals surface area contributed by atoms with Crippen molar-refractivity contribution in [2.45, 2.75) is 134 Å². The molecule has 2 heterocycles. The summed E-state index contributed by atoms with van der Waals surface area (Å²) in [6.07, 6.45) is 6.34. The first-order valence-corrected chi connectivity index (χ1v) is 17.7. The third-order valence-electron chi connectivity index (χ3n) is 10.1. The SMILES string of the molecule is CCC[C@H](NC(=O)[C@@H]1C[C@]2(CN(c3ccccc3)C(=O)O2)CN1C(=O)C(NC(=O)CC1CCCCC1)C(C)(C)C)C(O)C(=O)NC1CC1. The number of anilines is 1. The van der Waals surface area contributed by atoms with Gasteiger partial charge in [0.25, 0.3) is 5.91 Å². The Morgan fingerprint density at radius 2 is 1.69 bits per heavy atom. The zero-order valence-corrected chi connectivity index (χ0v) is 28.8. The molecule has 1 spiro atoms. The van der Waals surface area contributed by atoms with E-state index in [4.69, 9.17) is 4.74 Å². The molecule has 0 bridgehead atoms. The number of aliphatic hydroxyl groups is 1. The van der Waals surface area contributed by atoms with E-state index in [-0.39, 0.29) is 37.4 Å². The van der Waals surface area contributed by atoms with Gasteiger partial charge in [0.05, 0.1) is 19.1 Å².